The van der Waals surface area contributed by atoms with Crippen LogP contribution in [0.4, 0.5) is 0 Å². The monoisotopic (exact) mass is 349 g/mol. The van der Waals surface area contributed by atoms with Gasteiger partial charge < -0.3 is 0 Å². The molecule has 0 bridgehead atoms. The van der Waals surface area contributed by atoms with Gasteiger partial charge in [-0.25, -0.2) is 4.99 Å². The molecule has 0 N–H and O–H groups in total. The van der Waals surface area contributed by atoms with E-state index in [-0.39, 0.29) is 0 Å². The molecule has 0 fully saturated rings. The van der Waals surface area contributed by atoms with Gasteiger partial charge in [-0.05, 0) is 23.8 Å². The predicted octanol–water partition coefficient (Wildman–Crippen LogP) is 4.60. The lowest BCUT2D eigenvalue weighted by Gasteiger charge is -2.07. The van der Waals surface area contributed by atoms with Crippen molar-refractivity contribution in [1.29, 1.82) is 0 Å². The van der Waals surface area contributed by atoms with Crippen LogP contribution in [0.15, 0.2) is 65.7 Å². The van der Waals surface area contributed by atoms with Crippen LogP contribution in [0.25, 0.3) is 10.9 Å². The maximum absolute atomic E-state index is 5.36. The minimum Gasteiger partial charge on any atom is -0.227 e. The van der Waals surface area contributed by atoms with Crippen molar-refractivity contribution < 1.29 is 9.32 Å². The summed E-state index contributed by atoms with van der Waals surface area (Å²) in [6.45, 7) is 0. The van der Waals surface area contributed by atoms with Crippen LogP contribution in [-0.2, 0) is 9.66 Å². The number of nitrogens with zero attached hydrogens (tertiary/aromatic N) is 1. The van der Waals surface area contributed by atoms with Gasteiger partial charge in [-0.15, -0.1) is 0 Å². The van der Waals surface area contributed by atoms with E-state index in [0.717, 1.165) is 26.7 Å². The first-order valence-electron chi connectivity index (χ1n) is 6.10. The summed E-state index contributed by atoms with van der Waals surface area (Å²) in [6, 6.07) is 17.9. The second-order valence-electron chi connectivity index (χ2n) is 4.17. The Bertz CT molecular complexity index is 699. The Balaban J connectivity index is 1.75. The van der Waals surface area contributed by atoms with Crippen molar-refractivity contribution in [3.05, 3.63) is 66.4 Å². The largest absolute Gasteiger partial charge is 0.227 e. The van der Waals surface area contributed by atoms with Crippen LogP contribution >= 0.6 is 28.0 Å². The number of alkyl halides is 1. The average Bonchev–Trinajstić information content (AvgIpc) is 2.92. The molecule has 3 nitrogen and oxygen atoms in total. The second kappa shape index (κ2) is 6.35. The third kappa shape index (κ3) is 2.85. The number of halogens is 1. The first-order valence-corrected chi connectivity index (χ1v) is 7.96. The molecule has 0 saturated carbocycles. The number of hydrogen-bond donors (Lipinski definition) is 0. The molecule has 3 rings (SSSR count). The van der Waals surface area contributed by atoms with Crippen LogP contribution in [0.5, 0.6) is 0 Å². The summed E-state index contributed by atoms with van der Waals surface area (Å²) in [5.41, 5.74) is 2.17. The third-order valence-electron chi connectivity index (χ3n) is 2.89. The van der Waals surface area contributed by atoms with Crippen molar-refractivity contribution in [1.82, 2.24) is 4.73 Å². The number of benzene rings is 2. The third-order valence-corrected chi connectivity index (χ3v) is 4.09. The maximum atomic E-state index is 5.36. The highest BCUT2D eigenvalue weighted by Gasteiger charge is 2.07. The van der Waals surface area contributed by atoms with E-state index in [1.807, 2.05) is 54.7 Å². The first-order chi connectivity index (χ1) is 9.88. The summed E-state index contributed by atoms with van der Waals surface area (Å²) in [7, 11) is 0. The molecule has 0 aliphatic carbocycles. The molecular weight excluding hydrogens is 338 g/mol. The van der Waals surface area contributed by atoms with Gasteiger partial charge in [-0.3, -0.25) is 0 Å². The summed E-state index contributed by atoms with van der Waals surface area (Å²) in [4.78, 5) is 6.35. The summed E-state index contributed by atoms with van der Waals surface area (Å²) in [5, 5.41) is 1.89. The molecule has 0 radical (unpaired) electrons. The van der Waals surface area contributed by atoms with E-state index in [9.17, 15) is 0 Å². The maximum Gasteiger partial charge on any atom is 0.0945 e. The predicted molar refractivity (Wildman–Crippen MR) is 84.5 cm³/mol. The van der Waals surface area contributed by atoms with Gasteiger partial charge >= 0.3 is 0 Å². The van der Waals surface area contributed by atoms with Gasteiger partial charge in [0.2, 0.25) is 0 Å². The van der Waals surface area contributed by atoms with Crippen molar-refractivity contribution in [3.8, 4) is 0 Å². The minimum absolute atomic E-state index is 0.767. The van der Waals surface area contributed by atoms with Crippen molar-refractivity contribution in [2.45, 2.75) is 10.2 Å². The van der Waals surface area contributed by atoms with Crippen LogP contribution in [-0.4, -0.2) is 4.73 Å². The van der Waals surface area contributed by atoms with Gasteiger partial charge in [0.15, 0.2) is 0 Å². The molecule has 0 amide bonds. The van der Waals surface area contributed by atoms with Crippen molar-refractivity contribution in [2.75, 3.05) is 0 Å². The van der Waals surface area contributed by atoms with Crippen molar-refractivity contribution in [2.24, 2.45) is 0 Å². The van der Waals surface area contributed by atoms with E-state index in [2.05, 4.69) is 22.0 Å². The quantitative estimate of drug-likeness (QED) is 0.291. The van der Waals surface area contributed by atoms with Gasteiger partial charge in [0, 0.05) is 21.8 Å². The van der Waals surface area contributed by atoms with Crippen LogP contribution in [0, 0.1) is 0 Å². The minimum atomic E-state index is 0.767. The lowest BCUT2D eigenvalue weighted by atomic mass is 10.2. The molecule has 0 saturated heterocycles. The lowest BCUT2D eigenvalue weighted by Crippen LogP contribution is -2.08. The molecule has 20 heavy (non-hydrogen) atoms. The van der Waals surface area contributed by atoms with Crippen LogP contribution in [0.2, 0.25) is 0 Å². The molecule has 2 aromatic carbocycles. The number of rotatable bonds is 5. The highest BCUT2D eigenvalue weighted by atomic mass is 79.9. The van der Waals surface area contributed by atoms with Crippen molar-refractivity contribution >= 4 is 38.9 Å². The van der Waals surface area contributed by atoms with E-state index >= 15 is 0 Å². The van der Waals surface area contributed by atoms with Gasteiger partial charge in [0.1, 0.15) is 0 Å². The molecule has 1 aromatic heterocycles. The van der Waals surface area contributed by atoms with E-state index < -0.39 is 0 Å². The Morgan fingerprint density at radius 1 is 1.00 bits per heavy atom. The molecule has 0 unspecified atom stereocenters. The van der Waals surface area contributed by atoms with E-state index in [0.29, 0.717) is 0 Å². The zero-order chi connectivity index (χ0) is 13.8. The second-order valence-corrected chi connectivity index (χ2v) is 5.50. The van der Waals surface area contributed by atoms with Crippen LogP contribution in [0.3, 0.4) is 0 Å². The number of para-hydroxylation sites is 1. The molecule has 0 atom stereocenters. The fourth-order valence-electron chi connectivity index (χ4n) is 1.97. The fraction of sp³-hybridized carbons (Fsp3) is 0.0667. The van der Waals surface area contributed by atoms with Gasteiger partial charge in [-0.1, -0.05) is 56.7 Å². The average molecular weight is 350 g/mol. The molecule has 102 valence electrons. The summed E-state index contributed by atoms with van der Waals surface area (Å²) < 4.78 is 6.88. The van der Waals surface area contributed by atoms with Gasteiger partial charge in [-0.2, -0.15) is 4.73 Å². The van der Waals surface area contributed by atoms with E-state index in [1.165, 1.54) is 12.0 Å². The van der Waals surface area contributed by atoms with E-state index in [1.54, 1.807) is 4.73 Å². The molecule has 0 spiro atoms. The van der Waals surface area contributed by atoms with Gasteiger partial charge in [0.05, 0.1) is 17.6 Å². The number of fused-ring (bicyclic) bond motifs is 1. The number of aromatic nitrogens is 1. The Labute approximate surface area is 129 Å². The van der Waals surface area contributed by atoms with Crippen LogP contribution in [0.1, 0.15) is 5.56 Å². The Morgan fingerprint density at radius 2 is 1.85 bits per heavy atom. The number of hydrogen-bond acceptors (Lipinski definition) is 3. The highest BCUT2D eigenvalue weighted by Crippen LogP contribution is 2.23. The molecule has 3 aromatic rings. The first kappa shape index (κ1) is 13.5. The van der Waals surface area contributed by atoms with Gasteiger partial charge in [0.25, 0.3) is 0 Å². The summed E-state index contributed by atoms with van der Waals surface area (Å²) >= 11 is 4.67. The molecule has 0 aliphatic heterocycles. The zero-order valence-electron chi connectivity index (χ0n) is 10.5. The Morgan fingerprint density at radius 3 is 2.65 bits per heavy atom. The molecule has 0 aliphatic rings. The lowest BCUT2D eigenvalue weighted by molar-refractivity contribution is -0.188. The van der Waals surface area contributed by atoms with Crippen molar-refractivity contribution in [3.63, 3.8) is 0 Å². The standard InChI is InChI=1S/C15H12BrNO2S/c16-11-13-6-4-5-12-9-10-17(15(12)13)18-19-20-14-7-2-1-3-8-14/h1-10H,11H2. The van der Waals surface area contributed by atoms with E-state index in [4.69, 9.17) is 9.32 Å². The smallest absolute Gasteiger partial charge is 0.0945 e. The highest BCUT2D eigenvalue weighted by molar-refractivity contribution is 9.08. The topological polar surface area (TPSA) is 23.4 Å². The summed E-state index contributed by atoms with van der Waals surface area (Å²) in [5.74, 6) is 0. The molecular formula is C15H12BrNO2S. The Hall–Kier alpha value is -1.43. The van der Waals surface area contributed by atoms with Crippen LogP contribution < -0.4 is 4.99 Å². The fourth-order valence-corrected chi connectivity index (χ4v) is 2.87. The zero-order valence-corrected chi connectivity index (χ0v) is 12.9. The molecule has 5 heteroatoms. The SMILES string of the molecule is BrCc1cccc2ccn(OOSc3ccccc3)c12. The normalized spacial score (nSPS) is 10.8. The Kier molecular flexibility index (Phi) is 4.30. The summed E-state index contributed by atoms with van der Waals surface area (Å²) in [6.07, 6.45) is 1.85. The molecule has 1 heterocycles.